The fourth-order valence-electron chi connectivity index (χ4n) is 1.92. The fourth-order valence-corrected chi connectivity index (χ4v) is 2.68. The lowest BCUT2D eigenvalue weighted by Crippen LogP contribution is -1.90. The summed E-state index contributed by atoms with van der Waals surface area (Å²) in [6, 6.07) is 5.73. The Hall–Kier alpha value is -2.52. The lowest BCUT2D eigenvalue weighted by Gasteiger charge is -2.00. The molecule has 0 atom stereocenters. The number of nitrogens with zero attached hydrogens (tertiary/aromatic N) is 4. The second-order valence-corrected chi connectivity index (χ2v) is 5.00. The van der Waals surface area contributed by atoms with Gasteiger partial charge in [-0.05, 0) is 29.5 Å². The zero-order valence-electron chi connectivity index (χ0n) is 10.7. The van der Waals surface area contributed by atoms with Crippen molar-refractivity contribution in [1.82, 2.24) is 15.1 Å². The van der Waals surface area contributed by atoms with Crippen LogP contribution < -0.4 is 0 Å². The summed E-state index contributed by atoms with van der Waals surface area (Å²) in [5, 5.41) is 14.9. The molecule has 0 spiro atoms. The Morgan fingerprint density at radius 2 is 2.30 bits per heavy atom. The summed E-state index contributed by atoms with van der Waals surface area (Å²) in [7, 11) is 0. The van der Waals surface area contributed by atoms with Crippen LogP contribution in [0, 0.1) is 11.3 Å². The molecule has 5 nitrogen and oxygen atoms in total. The number of hydrogen-bond acceptors (Lipinski definition) is 6. The Labute approximate surface area is 119 Å². The molecular weight excluding hydrogens is 272 g/mol. The highest BCUT2D eigenvalue weighted by atomic mass is 32.1. The minimum Gasteiger partial charge on any atom is -0.333 e. The maximum Gasteiger partial charge on any atom is 0.269 e. The third-order valence-corrected chi connectivity index (χ3v) is 3.83. The van der Waals surface area contributed by atoms with Crippen LogP contribution >= 0.6 is 11.3 Å². The molecule has 0 saturated heterocycles. The number of hydrogen-bond donors (Lipinski definition) is 0. The molecule has 0 amide bonds. The van der Waals surface area contributed by atoms with E-state index in [1.54, 1.807) is 18.5 Å². The van der Waals surface area contributed by atoms with Crippen LogP contribution in [0.4, 0.5) is 0 Å². The summed E-state index contributed by atoms with van der Waals surface area (Å²) in [4.78, 5) is 9.20. The molecule has 0 aromatic carbocycles. The topological polar surface area (TPSA) is 75.6 Å². The van der Waals surface area contributed by atoms with Crippen LogP contribution in [-0.4, -0.2) is 15.1 Å². The van der Waals surface area contributed by atoms with Gasteiger partial charge in [0.15, 0.2) is 0 Å². The molecule has 3 heterocycles. The van der Waals surface area contributed by atoms with Crippen molar-refractivity contribution in [3.63, 3.8) is 0 Å². The van der Waals surface area contributed by atoms with E-state index in [2.05, 4.69) is 28.1 Å². The van der Waals surface area contributed by atoms with E-state index in [0.717, 1.165) is 17.5 Å². The highest BCUT2D eigenvalue weighted by molar-refractivity contribution is 7.13. The van der Waals surface area contributed by atoms with E-state index in [1.807, 2.05) is 11.4 Å². The van der Waals surface area contributed by atoms with E-state index < -0.39 is 0 Å². The predicted molar refractivity (Wildman–Crippen MR) is 74.9 cm³/mol. The monoisotopic (exact) mass is 282 g/mol. The number of aromatic nitrogens is 3. The highest BCUT2D eigenvalue weighted by Gasteiger charge is 2.16. The second-order valence-electron chi connectivity index (χ2n) is 4.08. The molecule has 3 aromatic rings. The van der Waals surface area contributed by atoms with Gasteiger partial charge in [0.2, 0.25) is 5.82 Å². The summed E-state index contributed by atoms with van der Waals surface area (Å²) in [5.41, 5.74) is 2.52. The minimum atomic E-state index is 0.380. The quantitative estimate of drug-likeness (QED) is 0.736. The van der Waals surface area contributed by atoms with Crippen molar-refractivity contribution in [1.29, 1.82) is 5.26 Å². The molecule has 0 aliphatic heterocycles. The maximum absolute atomic E-state index is 9.03. The van der Waals surface area contributed by atoms with Crippen LogP contribution in [0.2, 0.25) is 0 Å². The first-order chi connectivity index (χ1) is 9.83. The van der Waals surface area contributed by atoms with Crippen LogP contribution in [0.5, 0.6) is 0 Å². The summed E-state index contributed by atoms with van der Waals surface area (Å²) < 4.78 is 5.28. The average molecular weight is 282 g/mol. The van der Waals surface area contributed by atoms with Gasteiger partial charge in [-0.3, -0.25) is 4.98 Å². The maximum atomic E-state index is 9.03. The van der Waals surface area contributed by atoms with Crippen LogP contribution in [-0.2, 0) is 6.42 Å². The second kappa shape index (κ2) is 5.23. The van der Waals surface area contributed by atoms with Gasteiger partial charge in [-0.15, -0.1) is 11.3 Å². The molecular formula is C14H10N4OS. The highest BCUT2D eigenvalue weighted by Crippen LogP contribution is 2.30. The number of thiophene rings is 1. The van der Waals surface area contributed by atoms with Crippen molar-refractivity contribution in [2.24, 2.45) is 0 Å². The Bertz CT molecular complexity index is 784. The minimum absolute atomic E-state index is 0.380. The van der Waals surface area contributed by atoms with Crippen LogP contribution in [0.25, 0.3) is 22.2 Å². The van der Waals surface area contributed by atoms with Crippen molar-refractivity contribution >= 4 is 11.3 Å². The molecule has 20 heavy (non-hydrogen) atoms. The van der Waals surface area contributed by atoms with Gasteiger partial charge >= 0.3 is 0 Å². The number of aryl methyl sites for hydroxylation is 1. The lowest BCUT2D eigenvalue weighted by atomic mass is 10.1. The fraction of sp³-hybridized carbons (Fsp3) is 0.143. The number of rotatable bonds is 3. The van der Waals surface area contributed by atoms with Crippen molar-refractivity contribution in [3.05, 3.63) is 41.0 Å². The van der Waals surface area contributed by atoms with E-state index in [4.69, 9.17) is 9.78 Å². The largest absolute Gasteiger partial charge is 0.333 e. The summed E-state index contributed by atoms with van der Waals surface area (Å²) in [6.45, 7) is 2.05. The van der Waals surface area contributed by atoms with Crippen LogP contribution in [0.1, 0.15) is 18.1 Å². The van der Waals surface area contributed by atoms with Gasteiger partial charge in [0.1, 0.15) is 10.9 Å². The lowest BCUT2D eigenvalue weighted by molar-refractivity contribution is 0.433. The van der Waals surface area contributed by atoms with Gasteiger partial charge in [-0.2, -0.15) is 10.2 Å². The molecule has 98 valence electrons. The van der Waals surface area contributed by atoms with E-state index in [9.17, 15) is 0 Å². The zero-order valence-corrected chi connectivity index (χ0v) is 11.5. The Morgan fingerprint density at radius 1 is 1.40 bits per heavy atom. The molecule has 6 heteroatoms. The molecule has 0 bridgehead atoms. The average Bonchev–Trinajstić information content (AvgIpc) is 3.15. The van der Waals surface area contributed by atoms with Crippen molar-refractivity contribution < 1.29 is 4.52 Å². The smallest absolute Gasteiger partial charge is 0.269 e. The van der Waals surface area contributed by atoms with Gasteiger partial charge in [-0.25, -0.2) is 0 Å². The van der Waals surface area contributed by atoms with E-state index in [-0.39, 0.29) is 0 Å². The first-order valence-corrected chi connectivity index (χ1v) is 6.96. The number of nitriles is 1. The third kappa shape index (κ3) is 2.08. The van der Waals surface area contributed by atoms with Gasteiger partial charge < -0.3 is 4.52 Å². The molecule has 3 aromatic heterocycles. The molecule has 0 aliphatic rings. The van der Waals surface area contributed by atoms with Gasteiger partial charge in [0.05, 0.1) is 5.56 Å². The Balaban J connectivity index is 2.05. The molecule has 0 saturated carbocycles. The van der Waals surface area contributed by atoms with Gasteiger partial charge in [0, 0.05) is 18.0 Å². The standard InChI is InChI=1S/C14H10N4OS/c1-2-9-8-16-5-3-11(9)13-17-14(19-18-13)12-10(7-15)4-6-20-12/h3-6,8H,2H2,1H3. The van der Waals surface area contributed by atoms with E-state index in [0.29, 0.717) is 22.2 Å². The van der Waals surface area contributed by atoms with Crippen molar-refractivity contribution in [2.45, 2.75) is 13.3 Å². The van der Waals surface area contributed by atoms with Crippen molar-refractivity contribution in [2.75, 3.05) is 0 Å². The van der Waals surface area contributed by atoms with Crippen LogP contribution in [0.15, 0.2) is 34.4 Å². The molecule has 0 radical (unpaired) electrons. The van der Waals surface area contributed by atoms with Gasteiger partial charge in [0.25, 0.3) is 5.89 Å². The third-order valence-electron chi connectivity index (χ3n) is 2.93. The summed E-state index contributed by atoms with van der Waals surface area (Å²) in [6.07, 6.45) is 4.35. The molecule has 0 fully saturated rings. The normalized spacial score (nSPS) is 10.4. The first-order valence-electron chi connectivity index (χ1n) is 6.08. The van der Waals surface area contributed by atoms with E-state index >= 15 is 0 Å². The number of pyridine rings is 1. The van der Waals surface area contributed by atoms with Gasteiger partial charge in [-0.1, -0.05) is 12.1 Å². The first kappa shape index (κ1) is 12.5. The van der Waals surface area contributed by atoms with Crippen LogP contribution in [0.3, 0.4) is 0 Å². The molecule has 0 unspecified atom stereocenters. The van der Waals surface area contributed by atoms with E-state index in [1.165, 1.54) is 11.3 Å². The predicted octanol–water partition coefficient (Wildman–Crippen LogP) is 3.29. The molecule has 0 aliphatic carbocycles. The summed E-state index contributed by atoms with van der Waals surface area (Å²) >= 11 is 1.41. The van der Waals surface area contributed by atoms with Crippen molar-refractivity contribution in [3.8, 4) is 28.2 Å². The Kier molecular flexibility index (Phi) is 3.27. The Morgan fingerprint density at radius 3 is 3.10 bits per heavy atom. The molecule has 3 rings (SSSR count). The SMILES string of the molecule is CCc1cnccc1-c1noc(-c2sccc2C#N)n1. The zero-order chi connectivity index (χ0) is 13.9. The summed E-state index contributed by atoms with van der Waals surface area (Å²) in [5.74, 6) is 0.905. The molecule has 0 N–H and O–H groups in total.